The summed E-state index contributed by atoms with van der Waals surface area (Å²) in [5.74, 6) is 0. The highest BCUT2D eigenvalue weighted by molar-refractivity contribution is 5.29. The smallest absolute Gasteiger partial charge is 0.0279 e. The molecule has 0 fully saturated rings. The SMILES string of the molecule is CCCCCCCCCc1ccc(C)c(C)c1. The molecule has 0 aliphatic carbocycles. The molecule has 0 spiro atoms. The molecular weight excluding hydrogens is 204 g/mol. The first-order valence-corrected chi connectivity index (χ1v) is 7.30. The number of aryl methyl sites for hydroxylation is 3. The molecule has 0 nitrogen and oxygen atoms in total. The Hall–Kier alpha value is -0.780. The zero-order chi connectivity index (χ0) is 12.5. The fourth-order valence-electron chi connectivity index (χ4n) is 2.25. The van der Waals surface area contributed by atoms with Crippen LogP contribution in [0, 0.1) is 13.8 Å². The normalized spacial score (nSPS) is 10.8. The zero-order valence-electron chi connectivity index (χ0n) is 11.9. The molecule has 1 aromatic rings. The van der Waals surface area contributed by atoms with Gasteiger partial charge < -0.3 is 0 Å². The molecule has 0 radical (unpaired) electrons. The maximum Gasteiger partial charge on any atom is -0.0279 e. The topological polar surface area (TPSA) is 0 Å². The predicted molar refractivity (Wildman–Crippen MR) is 77.6 cm³/mol. The summed E-state index contributed by atoms with van der Waals surface area (Å²) in [7, 11) is 0. The van der Waals surface area contributed by atoms with Gasteiger partial charge in [-0.25, -0.2) is 0 Å². The van der Waals surface area contributed by atoms with Crippen molar-refractivity contribution in [2.24, 2.45) is 0 Å². The molecule has 1 rings (SSSR count). The lowest BCUT2D eigenvalue weighted by molar-refractivity contribution is 0.589. The lowest BCUT2D eigenvalue weighted by atomic mass is 10.0. The average molecular weight is 232 g/mol. The summed E-state index contributed by atoms with van der Waals surface area (Å²) >= 11 is 0. The highest BCUT2D eigenvalue weighted by atomic mass is 14.0. The van der Waals surface area contributed by atoms with E-state index >= 15 is 0 Å². The lowest BCUT2D eigenvalue weighted by Gasteiger charge is -2.05. The van der Waals surface area contributed by atoms with Gasteiger partial charge in [-0.05, 0) is 43.4 Å². The van der Waals surface area contributed by atoms with Gasteiger partial charge in [0.25, 0.3) is 0 Å². The first kappa shape index (κ1) is 14.3. The Morgan fingerprint density at radius 3 is 2.06 bits per heavy atom. The predicted octanol–water partition coefficient (Wildman–Crippen LogP) is 5.60. The van der Waals surface area contributed by atoms with E-state index in [1.54, 1.807) is 0 Å². The van der Waals surface area contributed by atoms with E-state index in [-0.39, 0.29) is 0 Å². The minimum atomic E-state index is 1.26. The second kappa shape index (κ2) is 8.33. The van der Waals surface area contributed by atoms with Gasteiger partial charge in [0.05, 0.1) is 0 Å². The van der Waals surface area contributed by atoms with Crippen molar-refractivity contribution in [2.75, 3.05) is 0 Å². The highest BCUT2D eigenvalue weighted by Gasteiger charge is 1.97. The van der Waals surface area contributed by atoms with Crippen LogP contribution in [-0.2, 0) is 6.42 Å². The van der Waals surface area contributed by atoms with Gasteiger partial charge in [-0.3, -0.25) is 0 Å². The number of hydrogen-bond acceptors (Lipinski definition) is 0. The highest BCUT2D eigenvalue weighted by Crippen LogP contribution is 2.14. The van der Waals surface area contributed by atoms with E-state index in [0.717, 1.165) is 0 Å². The minimum Gasteiger partial charge on any atom is -0.0654 e. The molecule has 0 aliphatic rings. The van der Waals surface area contributed by atoms with E-state index in [2.05, 4.69) is 39.0 Å². The van der Waals surface area contributed by atoms with Crippen molar-refractivity contribution < 1.29 is 0 Å². The molecule has 0 amide bonds. The molecule has 0 aliphatic heterocycles. The summed E-state index contributed by atoms with van der Waals surface area (Å²) in [5.41, 5.74) is 4.36. The lowest BCUT2D eigenvalue weighted by Crippen LogP contribution is -1.89. The molecule has 0 N–H and O–H groups in total. The Morgan fingerprint density at radius 1 is 0.765 bits per heavy atom. The van der Waals surface area contributed by atoms with Crippen molar-refractivity contribution in [3.8, 4) is 0 Å². The Kier molecular flexibility index (Phi) is 7.00. The van der Waals surface area contributed by atoms with Gasteiger partial charge in [0, 0.05) is 0 Å². The Labute approximate surface area is 107 Å². The molecule has 0 heterocycles. The second-order valence-electron chi connectivity index (χ2n) is 5.29. The maximum absolute atomic E-state index is 2.35. The molecule has 0 aromatic heterocycles. The molecule has 0 unspecified atom stereocenters. The van der Waals surface area contributed by atoms with Crippen LogP contribution in [0.1, 0.15) is 68.6 Å². The Bertz CT molecular complexity index is 312. The molecule has 0 atom stereocenters. The van der Waals surface area contributed by atoms with Gasteiger partial charge in [-0.1, -0.05) is 63.6 Å². The monoisotopic (exact) mass is 232 g/mol. The molecule has 1 aromatic carbocycles. The average Bonchev–Trinajstić information content (AvgIpc) is 2.32. The van der Waals surface area contributed by atoms with Gasteiger partial charge in [0.1, 0.15) is 0 Å². The first-order chi connectivity index (χ1) is 8.24. The van der Waals surface area contributed by atoms with Crippen LogP contribution >= 0.6 is 0 Å². The van der Waals surface area contributed by atoms with Gasteiger partial charge in [-0.15, -0.1) is 0 Å². The van der Waals surface area contributed by atoms with E-state index in [1.165, 1.54) is 68.1 Å². The van der Waals surface area contributed by atoms with E-state index in [4.69, 9.17) is 0 Å². The summed E-state index contributed by atoms with van der Waals surface area (Å²) in [4.78, 5) is 0. The summed E-state index contributed by atoms with van der Waals surface area (Å²) in [6.07, 6.45) is 11.1. The Balaban J connectivity index is 2.11. The molecular formula is C17H28. The summed E-state index contributed by atoms with van der Waals surface area (Å²) in [5, 5.41) is 0. The Morgan fingerprint density at radius 2 is 1.41 bits per heavy atom. The van der Waals surface area contributed by atoms with Crippen LogP contribution in [0.25, 0.3) is 0 Å². The van der Waals surface area contributed by atoms with Gasteiger partial charge in [0.15, 0.2) is 0 Å². The van der Waals surface area contributed by atoms with E-state index < -0.39 is 0 Å². The fraction of sp³-hybridized carbons (Fsp3) is 0.647. The van der Waals surface area contributed by atoms with Crippen LogP contribution in [0.15, 0.2) is 18.2 Å². The number of unbranched alkanes of at least 4 members (excludes halogenated alkanes) is 6. The van der Waals surface area contributed by atoms with Gasteiger partial charge in [-0.2, -0.15) is 0 Å². The first-order valence-electron chi connectivity index (χ1n) is 7.30. The van der Waals surface area contributed by atoms with Gasteiger partial charge in [0.2, 0.25) is 0 Å². The third-order valence-corrected chi connectivity index (χ3v) is 3.64. The fourth-order valence-corrected chi connectivity index (χ4v) is 2.25. The minimum absolute atomic E-state index is 1.26. The quantitative estimate of drug-likeness (QED) is 0.512. The van der Waals surface area contributed by atoms with Crippen molar-refractivity contribution in [1.82, 2.24) is 0 Å². The molecule has 0 bridgehead atoms. The van der Waals surface area contributed by atoms with Crippen LogP contribution in [-0.4, -0.2) is 0 Å². The van der Waals surface area contributed by atoms with E-state index in [0.29, 0.717) is 0 Å². The third kappa shape index (κ3) is 5.91. The van der Waals surface area contributed by atoms with Crippen LogP contribution in [0.4, 0.5) is 0 Å². The van der Waals surface area contributed by atoms with Crippen LogP contribution in [0.5, 0.6) is 0 Å². The molecule has 96 valence electrons. The van der Waals surface area contributed by atoms with E-state index in [9.17, 15) is 0 Å². The number of rotatable bonds is 8. The van der Waals surface area contributed by atoms with Gasteiger partial charge >= 0.3 is 0 Å². The standard InChI is InChI=1S/C17H28/c1-4-5-6-7-8-9-10-11-17-13-12-15(2)16(3)14-17/h12-14H,4-11H2,1-3H3. The van der Waals surface area contributed by atoms with Crippen molar-refractivity contribution in [2.45, 2.75) is 72.1 Å². The van der Waals surface area contributed by atoms with Crippen molar-refractivity contribution in [3.05, 3.63) is 34.9 Å². The molecule has 17 heavy (non-hydrogen) atoms. The summed E-state index contributed by atoms with van der Waals surface area (Å²) in [6, 6.07) is 6.90. The van der Waals surface area contributed by atoms with Crippen LogP contribution < -0.4 is 0 Å². The van der Waals surface area contributed by atoms with Crippen LogP contribution in [0.2, 0.25) is 0 Å². The van der Waals surface area contributed by atoms with Crippen LogP contribution in [0.3, 0.4) is 0 Å². The zero-order valence-corrected chi connectivity index (χ0v) is 11.9. The largest absolute Gasteiger partial charge is 0.0654 e. The number of benzene rings is 1. The van der Waals surface area contributed by atoms with E-state index in [1.807, 2.05) is 0 Å². The van der Waals surface area contributed by atoms with Crippen molar-refractivity contribution in [3.63, 3.8) is 0 Å². The molecule has 0 saturated carbocycles. The summed E-state index contributed by atoms with van der Waals surface area (Å²) in [6.45, 7) is 6.68. The second-order valence-corrected chi connectivity index (χ2v) is 5.29. The van der Waals surface area contributed by atoms with Crippen molar-refractivity contribution in [1.29, 1.82) is 0 Å². The van der Waals surface area contributed by atoms with Crippen molar-refractivity contribution >= 4 is 0 Å². The third-order valence-electron chi connectivity index (χ3n) is 3.64. The number of hydrogen-bond donors (Lipinski definition) is 0. The summed E-state index contributed by atoms with van der Waals surface area (Å²) < 4.78 is 0. The molecule has 0 saturated heterocycles. The molecule has 0 heteroatoms. The maximum atomic E-state index is 2.35.